The highest BCUT2D eigenvalue weighted by Crippen LogP contribution is 2.32. The molecule has 0 radical (unpaired) electrons. The van der Waals surface area contributed by atoms with Crippen molar-refractivity contribution in [3.05, 3.63) is 77.1 Å². The second-order valence-corrected chi connectivity index (χ2v) is 6.43. The molecule has 2 aromatic carbocycles. The van der Waals surface area contributed by atoms with Crippen molar-refractivity contribution in [2.45, 2.75) is 25.8 Å². The number of anilines is 1. The highest BCUT2D eigenvalue weighted by atomic mass is 19.1. The molecular weight excluding hydrogens is 317 g/mol. The van der Waals surface area contributed by atoms with Crippen molar-refractivity contribution in [3.8, 4) is 0 Å². The van der Waals surface area contributed by atoms with E-state index >= 15 is 0 Å². The van der Waals surface area contributed by atoms with Gasteiger partial charge in [0.25, 0.3) is 0 Å². The van der Waals surface area contributed by atoms with Crippen LogP contribution in [0.25, 0.3) is 5.70 Å². The fourth-order valence-corrected chi connectivity index (χ4v) is 2.97. The summed E-state index contributed by atoms with van der Waals surface area (Å²) in [5.41, 5.74) is 4.21. The van der Waals surface area contributed by atoms with Crippen molar-refractivity contribution in [3.63, 3.8) is 0 Å². The Labute approximate surface area is 145 Å². The predicted molar refractivity (Wildman–Crippen MR) is 94.5 cm³/mol. The molecule has 1 aliphatic heterocycles. The Kier molecular flexibility index (Phi) is 3.80. The SMILES string of the molecule is CC(C)c1ccc(C2=CC(c3ccc(F)cc3)n3nnnc3N2)cc1. The van der Waals surface area contributed by atoms with Gasteiger partial charge in [-0.3, -0.25) is 0 Å². The predicted octanol–water partition coefficient (Wildman–Crippen LogP) is 3.99. The molecule has 1 N–H and O–H groups in total. The molecule has 0 amide bonds. The summed E-state index contributed by atoms with van der Waals surface area (Å²) in [6, 6.07) is 14.7. The Balaban J connectivity index is 1.74. The van der Waals surface area contributed by atoms with Crippen LogP contribution in [0.1, 0.15) is 42.5 Å². The lowest BCUT2D eigenvalue weighted by Crippen LogP contribution is -2.20. The third kappa shape index (κ3) is 2.91. The number of halogens is 1. The number of benzene rings is 2. The van der Waals surface area contributed by atoms with E-state index < -0.39 is 0 Å². The normalized spacial score (nSPS) is 16.3. The van der Waals surface area contributed by atoms with Gasteiger partial charge in [0.2, 0.25) is 5.95 Å². The summed E-state index contributed by atoms with van der Waals surface area (Å²) in [4.78, 5) is 0. The quantitative estimate of drug-likeness (QED) is 0.786. The van der Waals surface area contributed by atoms with Crippen LogP contribution in [0.15, 0.2) is 54.6 Å². The van der Waals surface area contributed by atoms with Crippen LogP contribution in [0.4, 0.5) is 10.3 Å². The minimum Gasteiger partial charge on any atom is -0.323 e. The van der Waals surface area contributed by atoms with E-state index in [1.807, 2.05) is 0 Å². The highest BCUT2D eigenvalue weighted by Gasteiger charge is 2.24. The van der Waals surface area contributed by atoms with E-state index in [1.54, 1.807) is 16.8 Å². The van der Waals surface area contributed by atoms with Gasteiger partial charge in [-0.05, 0) is 51.2 Å². The number of allylic oxidation sites excluding steroid dienone is 1. The minimum atomic E-state index is -0.261. The molecule has 1 atom stereocenters. The maximum Gasteiger partial charge on any atom is 0.248 e. The number of rotatable bonds is 3. The van der Waals surface area contributed by atoms with Crippen LogP contribution in [-0.4, -0.2) is 20.2 Å². The van der Waals surface area contributed by atoms with Crippen LogP contribution in [0.5, 0.6) is 0 Å². The maximum absolute atomic E-state index is 13.3. The number of nitrogens with zero attached hydrogens (tertiary/aromatic N) is 4. The second kappa shape index (κ2) is 6.12. The molecule has 0 fully saturated rings. The lowest BCUT2D eigenvalue weighted by atomic mass is 9.98. The van der Waals surface area contributed by atoms with E-state index in [4.69, 9.17) is 0 Å². The molecule has 6 heteroatoms. The van der Waals surface area contributed by atoms with E-state index in [-0.39, 0.29) is 11.9 Å². The Morgan fingerprint density at radius 1 is 1.04 bits per heavy atom. The fraction of sp³-hybridized carbons (Fsp3) is 0.211. The molecule has 25 heavy (non-hydrogen) atoms. The molecule has 1 unspecified atom stereocenters. The molecule has 1 aliphatic rings. The Bertz CT molecular complexity index is 910. The molecular formula is C19H18FN5. The van der Waals surface area contributed by atoms with E-state index in [0.717, 1.165) is 16.8 Å². The van der Waals surface area contributed by atoms with Gasteiger partial charge in [0.15, 0.2) is 0 Å². The van der Waals surface area contributed by atoms with Gasteiger partial charge < -0.3 is 5.32 Å². The van der Waals surface area contributed by atoms with Crippen LogP contribution in [-0.2, 0) is 0 Å². The van der Waals surface area contributed by atoms with Crippen molar-refractivity contribution in [1.82, 2.24) is 20.2 Å². The topological polar surface area (TPSA) is 55.6 Å². The van der Waals surface area contributed by atoms with Gasteiger partial charge in [0.05, 0.1) is 0 Å². The lowest BCUT2D eigenvalue weighted by molar-refractivity contribution is 0.582. The molecule has 0 spiro atoms. The van der Waals surface area contributed by atoms with Gasteiger partial charge in [-0.2, -0.15) is 4.68 Å². The monoisotopic (exact) mass is 335 g/mol. The van der Waals surface area contributed by atoms with E-state index in [2.05, 4.69) is 65.0 Å². The van der Waals surface area contributed by atoms with E-state index in [0.29, 0.717) is 11.9 Å². The molecule has 0 saturated carbocycles. The first-order valence-electron chi connectivity index (χ1n) is 8.24. The van der Waals surface area contributed by atoms with Crippen molar-refractivity contribution >= 4 is 11.6 Å². The van der Waals surface area contributed by atoms with Crippen molar-refractivity contribution < 1.29 is 4.39 Å². The van der Waals surface area contributed by atoms with Crippen LogP contribution in [0.3, 0.4) is 0 Å². The standard InChI is InChI=1S/C19H18FN5/c1-12(2)13-3-5-14(6-4-13)17-11-18(15-7-9-16(20)10-8-15)25-19(21-17)22-23-24-25/h3-12,18H,1-2H3,(H,21,22,24). The fourth-order valence-electron chi connectivity index (χ4n) is 2.97. The zero-order valence-electron chi connectivity index (χ0n) is 14.0. The maximum atomic E-state index is 13.3. The van der Waals surface area contributed by atoms with Gasteiger partial charge in [0, 0.05) is 5.70 Å². The van der Waals surface area contributed by atoms with Gasteiger partial charge in [-0.1, -0.05) is 55.3 Å². The van der Waals surface area contributed by atoms with Crippen molar-refractivity contribution in [1.29, 1.82) is 0 Å². The summed E-state index contributed by atoms with van der Waals surface area (Å²) in [7, 11) is 0. The first-order valence-corrected chi connectivity index (χ1v) is 8.24. The molecule has 4 rings (SSSR count). The molecule has 1 aromatic heterocycles. The summed E-state index contributed by atoms with van der Waals surface area (Å²) in [6.07, 6.45) is 2.06. The van der Waals surface area contributed by atoms with Gasteiger partial charge in [-0.25, -0.2) is 4.39 Å². The number of fused-ring (bicyclic) bond motifs is 1. The summed E-state index contributed by atoms with van der Waals surface area (Å²) in [5.74, 6) is 0.796. The Hall–Kier alpha value is -3.02. The van der Waals surface area contributed by atoms with Crippen molar-refractivity contribution in [2.75, 3.05) is 5.32 Å². The third-order valence-corrected chi connectivity index (χ3v) is 4.43. The number of hydrogen-bond donors (Lipinski definition) is 1. The Morgan fingerprint density at radius 3 is 2.44 bits per heavy atom. The molecule has 2 heterocycles. The third-order valence-electron chi connectivity index (χ3n) is 4.43. The average molecular weight is 335 g/mol. The molecule has 0 aliphatic carbocycles. The lowest BCUT2D eigenvalue weighted by Gasteiger charge is -2.23. The minimum absolute atomic E-state index is 0.188. The smallest absolute Gasteiger partial charge is 0.248 e. The van der Waals surface area contributed by atoms with Gasteiger partial charge in [-0.15, -0.1) is 0 Å². The van der Waals surface area contributed by atoms with E-state index in [9.17, 15) is 4.39 Å². The van der Waals surface area contributed by atoms with Gasteiger partial charge >= 0.3 is 0 Å². The summed E-state index contributed by atoms with van der Waals surface area (Å²) in [6.45, 7) is 4.34. The van der Waals surface area contributed by atoms with Crippen LogP contribution < -0.4 is 5.32 Å². The number of nitrogens with one attached hydrogen (secondary N) is 1. The first-order chi connectivity index (χ1) is 12.1. The van der Waals surface area contributed by atoms with Crippen molar-refractivity contribution in [2.24, 2.45) is 0 Å². The summed E-state index contributed by atoms with van der Waals surface area (Å²) >= 11 is 0. The Morgan fingerprint density at radius 2 is 1.76 bits per heavy atom. The summed E-state index contributed by atoms with van der Waals surface area (Å²) in [5, 5.41) is 15.1. The molecule has 0 saturated heterocycles. The molecule has 0 bridgehead atoms. The average Bonchev–Trinajstić information content (AvgIpc) is 3.10. The largest absolute Gasteiger partial charge is 0.323 e. The zero-order valence-corrected chi connectivity index (χ0v) is 14.0. The molecule has 126 valence electrons. The highest BCUT2D eigenvalue weighted by molar-refractivity contribution is 5.77. The van der Waals surface area contributed by atoms with E-state index in [1.165, 1.54) is 17.7 Å². The second-order valence-electron chi connectivity index (χ2n) is 6.43. The van der Waals surface area contributed by atoms with Gasteiger partial charge in [0.1, 0.15) is 11.9 Å². The first kappa shape index (κ1) is 15.5. The van der Waals surface area contributed by atoms with Crippen LogP contribution in [0.2, 0.25) is 0 Å². The van der Waals surface area contributed by atoms with Crippen LogP contribution >= 0.6 is 0 Å². The number of tetrazole rings is 1. The molecule has 3 aromatic rings. The molecule has 5 nitrogen and oxygen atoms in total. The van der Waals surface area contributed by atoms with Crippen LogP contribution in [0, 0.1) is 5.82 Å². The number of hydrogen-bond acceptors (Lipinski definition) is 4. The number of aromatic nitrogens is 4. The summed E-state index contributed by atoms with van der Waals surface area (Å²) < 4.78 is 15.0. The zero-order chi connectivity index (χ0) is 17.4.